The Labute approximate surface area is 152 Å². The van der Waals surface area contributed by atoms with E-state index in [0.29, 0.717) is 5.69 Å². The van der Waals surface area contributed by atoms with Crippen LogP contribution in [0.25, 0.3) is 17.3 Å². The second kappa shape index (κ2) is 8.07. The van der Waals surface area contributed by atoms with Crippen molar-refractivity contribution in [3.63, 3.8) is 0 Å². The first-order valence-electron chi connectivity index (χ1n) is 8.18. The fraction of sp³-hybridized carbons (Fsp3) is 0.0952. The summed E-state index contributed by atoms with van der Waals surface area (Å²) < 4.78 is 5.27. The number of para-hydroxylation sites is 1. The van der Waals surface area contributed by atoms with Gasteiger partial charge in [-0.25, -0.2) is 9.97 Å². The van der Waals surface area contributed by atoms with Crippen LogP contribution in [0.1, 0.15) is 11.4 Å². The largest absolute Gasteiger partial charge is 0.496 e. The molecule has 0 saturated heterocycles. The molecule has 5 heteroatoms. The van der Waals surface area contributed by atoms with E-state index in [4.69, 9.17) is 4.74 Å². The van der Waals surface area contributed by atoms with E-state index in [1.165, 1.54) is 6.08 Å². The molecule has 1 N–H and O–H groups in total. The van der Waals surface area contributed by atoms with Crippen molar-refractivity contribution in [3.8, 4) is 17.0 Å². The first-order chi connectivity index (χ1) is 12.7. The highest BCUT2D eigenvalue weighted by Crippen LogP contribution is 2.20. The van der Waals surface area contributed by atoms with Gasteiger partial charge in [0.2, 0.25) is 5.91 Å². The van der Waals surface area contributed by atoms with Crippen molar-refractivity contribution in [2.24, 2.45) is 0 Å². The van der Waals surface area contributed by atoms with Crippen LogP contribution < -0.4 is 10.1 Å². The number of carbonyl (C=O) groups is 1. The standard InChI is InChI=1S/C21H19N3O2/c1-15-22-14-13-19(23-15)16-7-10-18(11-8-16)24-21(25)12-9-17-5-3-4-6-20(17)26-2/h3-14H,1-2H3,(H,24,25)/b12-9+. The molecule has 3 rings (SSSR count). The van der Waals surface area contributed by atoms with Crippen molar-refractivity contribution >= 4 is 17.7 Å². The van der Waals surface area contributed by atoms with Crippen LogP contribution in [-0.2, 0) is 4.79 Å². The summed E-state index contributed by atoms with van der Waals surface area (Å²) in [6, 6.07) is 16.9. The van der Waals surface area contributed by atoms with E-state index in [9.17, 15) is 4.79 Å². The number of carbonyl (C=O) groups excluding carboxylic acids is 1. The molecule has 0 bridgehead atoms. The average Bonchev–Trinajstić information content (AvgIpc) is 2.67. The fourth-order valence-electron chi connectivity index (χ4n) is 2.49. The third kappa shape index (κ3) is 4.33. The van der Waals surface area contributed by atoms with Gasteiger partial charge < -0.3 is 10.1 Å². The van der Waals surface area contributed by atoms with Crippen molar-refractivity contribution < 1.29 is 9.53 Å². The van der Waals surface area contributed by atoms with E-state index in [1.54, 1.807) is 19.4 Å². The molecule has 0 unspecified atom stereocenters. The van der Waals surface area contributed by atoms with Crippen molar-refractivity contribution in [2.45, 2.75) is 6.92 Å². The zero-order valence-corrected chi connectivity index (χ0v) is 14.6. The lowest BCUT2D eigenvalue weighted by Gasteiger charge is -2.06. The van der Waals surface area contributed by atoms with E-state index in [2.05, 4.69) is 15.3 Å². The summed E-state index contributed by atoms with van der Waals surface area (Å²) in [6.45, 7) is 1.85. The molecule has 1 amide bonds. The molecule has 0 saturated carbocycles. The van der Waals surface area contributed by atoms with Crippen molar-refractivity contribution in [1.82, 2.24) is 9.97 Å². The predicted molar refractivity (Wildman–Crippen MR) is 103 cm³/mol. The van der Waals surface area contributed by atoms with Gasteiger partial charge in [0.25, 0.3) is 0 Å². The molecule has 5 nitrogen and oxygen atoms in total. The molecule has 0 radical (unpaired) electrons. The van der Waals surface area contributed by atoms with Gasteiger partial charge in [0.1, 0.15) is 11.6 Å². The molecule has 0 aliphatic rings. The average molecular weight is 345 g/mol. The molecule has 0 fully saturated rings. The third-order valence-corrected chi connectivity index (χ3v) is 3.78. The van der Waals surface area contributed by atoms with E-state index >= 15 is 0 Å². The summed E-state index contributed by atoms with van der Waals surface area (Å²) in [5, 5.41) is 2.84. The summed E-state index contributed by atoms with van der Waals surface area (Å²) >= 11 is 0. The van der Waals surface area contributed by atoms with Crippen LogP contribution in [0.2, 0.25) is 0 Å². The van der Waals surface area contributed by atoms with Crippen LogP contribution in [0, 0.1) is 6.92 Å². The van der Waals surface area contributed by atoms with Gasteiger partial charge in [-0.05, 0) is 37.3 Å². The van der Waals surface area contributed by atoms with Gasteiger partial charge in [-0.1, -0.05) is 30.3 Å². The Bertz CT molecular complexity index is 934. The number of amides is 1. The molecule has 0 aliphatic carbocycles. The molecular weight excluding hydrogens is 326 g/mol. The number of nitrogens with one attached hydrogen (secondary N) is 1. The lowest BCUT2D eigenvalue weighted by atomic mass is 10.1. The monoisotopic (exact) mass is 345 g/mol. The molecule has 1 aromatic heterocycles. The van der Waals surface area contributed by atoms with E-state index in [0.717, 1.165) is 28.4 Å². The van der Waals surface area contributed by atoms with Gasteiger partial charge in [-0.3, -0.25) is 4.79 Å². The highest BCUT2D eigenvalue weighted by Gasteiger charge is 2.03. The second-order valence-corrected chi connectivity index (χ2v) is 5.63. The lowest BCUT2D eigenvalue weighted by molar-refractivity contribution is -0.111. The Balaban J connectivity index is 1.67. The van der Waals surface area contributed by atoms with Crippen LogP contribution in [0.4, 0.5) is 5.69 Å². The summed E-state index contributed by atoms with van der Waals surface area (Å²) in [5.74, 6) is 1.24. The number of aromatic nitrogens is 2. The number of ether oxygens (including phenoxy) is 1. The zero-order valence-electron chi connectivity index (χ0n) is 14.6. The Hall–Kier alpha value is -3.47. The summed E-state index contributed by atoms with van der Waals surface area (Å²) in [4.78, 5) is 20.6. The maximum Gasteiger partial charge on any atom is 0.248 e. The molecule has 0 aliphatic heterocycles. The normalized spacial score (nSPS) is 10.7. The number of aryl methyl sites for hydroxylation is 1. The van der Waals surface area contributed by atoms with Gasteiger partial charge in [0.15, 0.2) is 0 Å². The van der Waals surface area contributed by atoms with Crippen molar-refractivity contribution in [2.75, 3.05) is 12.4 Å². The summed E-state index contributed by atoms with van der Waals surface area (Å²) in [6.07, 6.45) is 4.95. The third-order valence-electron chi connectivity index (χ3n) is 3.78. The molecular formula is C21H19N3O2. The first kappa shape index (κ1) is 17.4. The van der Waals surface area contributed by atoms with E-state index in [-0.39, 0.29) is 5.91 Å². The minimum atomic E-state index is -0.207. The number of methoxy groups -OCH3 is 1. The topological polar surface area (TPSA) is 64.1 Å². The number of hydrogen-bond donors (Lipinski definition) is 1. The molecule has 0 spiro atoms. The van der Waals surface area contributed by atoms with Crippen molar-refractivity contribution in [3.05, 3.63) is 78.3 Å². The Morgan fingerprint density at radius 2 is 1.85 bits per heavy atom. The maximum atomic E-state index is 12.1. The lowest BCUT2D eigenvalue weighted by Crippen LogP contribution is -2.07. The predicted octanol–water partition coefficient (Wildman–Crippen LogP) is 4.11. The first-order valence-corrected chi connectivity index (χ1v) is 8.18. The number of benzene rings is 2. The zero-order chi connectivity index (χ0) is 18.4. The Kier molecular flexibility index (Phi) is 5.39. The molecule has 130 valence electrons. The smallest absolute Gasteiger partial charge is 0.248 e. The molecule has 2 aromatic carbocycles. The molecule has 26 heavy (non-hydrogen) atoms. The summed E-state index contributed by atoms with van der Waals surface area (Å²) in [7, 11) is 1.60. The van der Waals surface area contributed by atoms with Crippen LogP contribution in [0.5, 0.6) is 5.75 Å². The van der Waals surface area contributed by atoms with Crippen LogP contribution in [-0.4, -0.2) is 23.0 Å². The highest BCUT2D eigenvalue weighted by atomic mass is 16.5. The second-order valence-electron chi connectivity index (χ2n) is 5.63. The number of anilines is 1. The van der Waals surface area contributed by atoms with Crippen LogP contribution in [0.15, 0.2) is 66.9 Å². The molecule has 0 atom stereocenters. The molecule has 3 aromatic rings. The number of rotatable bonds is 5. The molecule has 1 heterocycles. The van der Waals surface area contributed by atoms with Gasteiger partial charge in [-0.15, -0.1) is 0 Å². The van der Waals surface area contributed by atoms with E-state index in [1.807, 2.05) is 61.5 Å². The minimum absolute atomic E-state index is 0.207. The van der Waals surface area contributed by atoms with Crippen molar-refractivity contribution in [1.29, 1.82) is 0 Å². The maximum absolute atomic E-state index is 12.1. The highest BCUT2D eigenvalue weighted by molar-refractivity contribution is 6.02. The van der Waals surface area contributed by atoms with Crippen LogP contribution >= 0.6 is 0 Å². The Morgan fingerprint density at radius 1 is 1.08 bits per heavy atom. The number of nitrogens with zero attached hydrogens (tertiary/aromatic N) is 2. The minimum Gasteiger partial charge on any atom is -0.496 e. The SMILES string of the molecule is COc1ccccc1/C=C/C(=O)Nc1ccc(-c2ccnc(C)n2)cc1. The summed E-state index contributed by atoms with van der Waals surface area (Å²) in [5.41, 5.74) is 3.39. The van der Waals surface area contributed by atoms with E-state index < -0.39 is 0 Å². The fourth-order valence-corrected chi connectivity index (χ4v) is 2.49. The van der Waals surface area contributed by atoms with Gasteiger partial charge in [-0.2, -0.15) is 0 Å². The van der Waals surface area contributed by atoms with Gasteiger partial charge in [0, 0.05) is 29.1 Å². The van der Waals surface area contributed by atoms with Crippen LogP contribution in [0.3, 0.4) is 0 Å². The van der Waals surface area contributed by atoms with Gasteiger partial charge in [0.05, 0.1) is 12.8 Å². The van der Waals surface area contributed by atoms with Gasteiger partial charge >= 0.3 is 0 Å². The quantitative estimate of drug-likeness (QED) is 0.707. The number of hydrogen-bond acceptors (Lipinski definition) is 4. The Morgan fingerprint density at radius 3 is 2.58 bits per heavy atom.